The molecule has 1 fully saturated rings. The van der Waals surface area contributed by atoms with E-state index in [2.05, 4.69) is 11.9 Å². The number of rotatable bonds is 7. The van der Waals surface area contributed by atoms with Gasteiger partial charge in [-0.25, -0.2) is 4.79 Å². The molecule has 1 saturated heterocycles. The molecule has 3 rings (SSSR count). The van der Waals surface area contributed by atoms with Crippen LogP contribution in [-0.4, -0.2) is 28.3 Å². The predicted molar refractivity (Wildman–Crippen MR) is 102 cm³/mol. The van der Waals surface area contributed by atoms with E-state index >= 15 is 0 Å². The average Bonchev–Trinajstić information content (AvgIpc) is 2.95. The van der Waals surface area contributed by atoms with Crippen LogP contribution in [-0.2, 0) is 11.4 Å². The maximum absolute atomic E-state index is 12.3. The molecule has 28 heavy (non-hydrogen) atoms. The first kappa shape index (κ1) is 18.8. The summed E-state index contributed by atoms with van der Waals surface area (Å²) in [7, 11) is 0. The summed E-state index contributed by atoms with van der Waals surface area (Å²) >= 11 is 0. The molecule has 142 valence electrons. The first-order valence-electron chi connectivity index (χ1n) is 8.40. The summed E-state index contributed by atoms with van der Waals surface area (Å²) in [6, 6.07) is 12.6. The Kier molecular flexibility index (Phi) is 5.50. The largest absolute Gasteiger partial charge is 0.488 e. The summed E-state index contributed by atoms with van der Waals surface area (Å²) in [4.78, 5) is 35.7. The second-order valence-corrected chi connectivity index (χ2v) is 5.95. The van der Waals surface area contributed by atoms with Crippen molar-refractivity contribution in [3.8, 4) is 5.75 Å². The molecule has 0 aliphatic carbocycles. The van der Waals surface area contributed by atoms with Gasteiger partial charge in [0.05, 0.1) is 4.92 Å². The lowest BCUT2D eigenvalue weighted by Gasteiger charge is -2.10. The molecule has 8 nitrogen and oxygen atoms in total. The Balaban J connectivity index is 1.80. The van der Waals surface area contributed by atoms with Gasteiger partial charge in [-0.3, -0.25) is 19.8 Å². The van der Waals surface area contributed by atoms with Crippen molar-refractivity contribution in [3.05, 3.63) is 88.1 Å². The van der Waals surface area contributed by atoms with Crippen LogP contribution in [0.2, 0.25) is 0 Å². The topological polar surface area (TPSA) is 102 Å². The zero-order chi connectivity index (χ0) is 20.1. The van der Waals surface area contributed by atoms with Crippen LogP contribution < -0.4 is 10.1 Å². The zero-order valence-electron chi connectivity index (χ0n) is 14.8. The summed E-state index contributed by atoms with van der Waals surface area (Å²) in [5, 5.41) is 13.4. The van der Waals surface area contributed by atoms with Crippen LogP contribution in [0, 0.1) is 10.1 Å². The normalized spacial score (nSPS) is 14.9. The Morgan fingerprint density at radius 3 is 2.71 bits per heavy atom. The lowest BCUT2D eigenvalue weighted by atomic mass is 10.1. The number of ether oxygens (including phenoxy) is 1. The molecule has 0 spiro atoms. The zero-order valence-corrected chi connectivity index (χ0v) is 14.8. The summed E-state index contributed by atoms with van der Waals surface area (Å²) in [6.45, 7) is 3.76. The van der Waals surface area contributed by atoms with Crippen molar-refractivity contribution >= 4 is 23.7 Å². The van der Waals surface area contributed by atoms with Crippen LogP contribution in [0.1, 0.15) is 11.1 Å². The Morgan fingerprint density at radius 1 is 1.18 bits per heavy atom. The monoisotopic (exact) mass is 379 g/mol. The maximum Gasteiger partial charge on any atom is 0.329 e. The molecule has 0 unspecified atom stereocenters. The van der Waals surface area contributed by atoms with Crippen LogP contribution in [0.3, 0.4) is 0 Å². The summed E-state index contributed by atoms with van der Waals surface area (Å²) < 4.78 is 5.78. The van der Waals surface area contributed by atoms with Crippen LogP contribution in [0.4, 0.5) is 10.5 Å². The van der Waals surface area contributed by atoms with E-state index in [0.717, 1.165) is 4.90 Å². The highest BCUT2D eigenvalue weighted by molar-refractivity contribution is 6.14. The van der Waals surface area contributed by atoms with Gasteiger partial charge in [-0.05, 0) is 17.7 Å². The molecular weight excluding hydrogens is 362 g/mol. The predicted octanol–water partition coefficient (Wildman–Crippen LogP) is 3.25. The SMILES string of the molecule is C=CCN1C(=O)N/C(=C/c2ccccc2OCc2cccc([N+](=O)[O-])c2)C1=O. The highest BCUT2D eigenvalue weighted by atomic mass is 16.6. The van der Waals surface area contributed by atoms with Gasteiger partial charge in [-0.1, -0.05) is 36.4 Å². The van der Waals surface area contributed by atoms with Gasteiger partial charge in [0.15, 0.2) is 0 Å². The Morgan fingerprint density at radius 2 is 1.96 bits per heavy atom. The molecule has 1 heterocycles. The number of nitrogens with one attached hydrogen (secondary N) is 1. The molecule has 1 N–H and O–H groups in total. The number of carbonyl (C=O) groups is 2. The number of hydrogen-bond donors (Lipinski definition) is 1. The molecule has 0 radical (unpaired) electrons. The fraction of sp³-hybridized carbons (Fsp3) is 0.100. The van der Waals surface area contributed by atoms with Gasteiger partial charge in [-0.15, -0.1) is 6.58 Å². The van der Waals surface area contributed by atoms with E-state index in [-0.39, 0.29) is 24.5 Å². The minimum Gasteiger partial charge on any atom is -0.488 e. The maximum atomic E-state index is 12.3. The van der Waals surface area contributed by atoms with Gasteiger partial charge in [0.1, 0.15) is 18.1 Å². The van der Waals surface area contributed by atoms with Gasteiger partial charge < -0.3 is 10.1 Å². The molecule has 0 atom stereocenters. The van der Waals surface area contributed by atoms with E-state index < -0.39 is 16.9 Å². The number of nitro benzene ring substituents is 1. The molecule has 1 aliphatic rings. The number of benzene rings is 2. The van der Waals surface area contributed by atoms with E-state index in [1.807, 2.05) is 0 Å². The first-order valence-corrected chi connectivity index (χ1v) is 8.40. The molecule has 2 aromatic carbocycles. The van der Waals surface area contributed by atoms with Crippen molar-refractivity contribution in [3.63, 3.8) is 0 Å². The third kappa shape index (κ3) is 4.07. The lowest BCUT2D eigenvalue weighted by Crippen LogP contribution is -2.30. The number of para-hydroxylation sites is 1. The fourth-order valence-corrected chi connectivity index (χ4v) is 2.67. The average molecular weight is 379 g/mol. The molecule has 0 saturated carbocycles. The third-order valence-electron chi connectivity index (χ3n) is 4.01. The van der Waals surface area contributed by atoms with Crippen molar-refractivity contribution < 1.29 is 19.2 Å². The molecule has 1 aliphatic heterocycles. The van der Waals surface area contributed by atoms with Gasteiger partial charge >= 0.3 is 6.03 Å². The Bertz CT molecular complexity index is 983. The molecule has 2 aromatic rings. The van der Waals surface area contributed by atoms with Gasteiger partial charge in [0.2, 0.25) is 0 Å². The molecule has 0 aromatic heterocycles. The lowest BCUT2D eigenvalue weighted by molar-refractivity contribution is -0.384. The minimum absolute atomic E-state index is 0.0157. The van der Waals surface area contributed by atoms with E-state index in [9.17, 15) is 19.7 Å². The third-order valence-corrected chi connectivity index (χ3v) is 4.01. The fourth-order valence-electron chi connectivity index (χ4n) is 2.67. The van der Waals surface area contributed by atoms with E-state index in [4.69, 9.17) is 4.74 Å². The second-order valence-electron chi connectivity index (χ2n) is 5.95. The van der Waals surface area contributed by atoms with E-state index in [1.165, 1.54) is 24.3 Å². The quantitative estimate of drug-likeness (QED) is 0.262. The molecule has 8 heteroatoms. The molecule has 3 amide bonds. The van der Waals surface area contributed by atoms with E-state index in [0.29, 0.717) is 16.9 Å². The number of hydrogen-bond acceptors (Lipinski definition) is 5. The van der Waals surface area contributed by atoms with Gasteiger partial charge in [0, 0.05) is 24.2 Å². The van der Waals surface area contributed by atoms with E-state index in [1.54, 1.807) is 36.4 Å². The number of non-ortho nitro benzene ring substituents is 1. The number of nitro groups is 1. The van der Waals surface area contributed by atoms with Crippen molar-refractivity contribution in [2.75, 3.05) is 6.54 Å². The first-order chi connectivity index (χ1) is 13.5. The highest BCUT2D eigenvalue weighted by Crippen LogP contribution is 2.24. The standard InChI is InChI=1S/C20H17N3O5/c1-2-10-22-19(24)17(21-20(22)25)12-15-7-3-4-9-18(15)28-13-14-6-5-8-16(11-14)23(26)27/h2-9,11-12H,1,10,13H2,(H,21,25)/b17-12+. The number of urea groups is 1. The van der Waals surface area contributed by atoms with Gasteiger partial charge in [0.25, 0.3) is 11.6 Å². The second kappa shape index (κ2) is 8.17. The number of imide groups is 1. The number of amides is 3. The van der Waals surface area contributed by atoms with Crippen molar-refractivity contribution in [2.45, 2.75) is 6.61 Å². The summed E-state index contributed by atoms with van der Waals surface area (Å²) in [6.07, 6.45) is 3.00. The smallest absolute Gasteiger partial charge is 0.329 e. The van der Waals surface area contributed by atoms with Crippen molar-refractivity contribution in [2.24, 2.45) is 0 Å². The van der Waals surface area contributed by atoms with Crippen LogP contribution >= 0.6 is 0 Å². The summed E-state index contributed by atoms with van der Waals surface area (Å²) in [5.41, 5.74) is 1.35. The number of carbonyl (C=O) groups excluding carboxylic acids is 2. The molecular formula is C20H17N3O5. The van der Waals surface area contributed by atoms with Crippen LogP contribution in [0.5, 0.6) is 5.75 Å². The minimum atomic E-state index is -0.508. The van der Waals surface area contributed by atoms with Gasteiger partial charge in [-0.2, -0.15) is 0 Å². The number of nitrogens with zero attached hydrogens (tertiary/aromatic N) is 2. The summed E-state index contributed by atoms with van der Waals surface area (Å²) in [5.74, 6) is 0.0316. The molecule has 0 bridgehead atoms. The van der Waals surface area contributed by atoms with Crippen molar-refractivity contribution in [1.29, 1.82) is 0 Å². The van der Waals surface area contributed by atoms with Crippen molar-refractivity contribution in [1.82, 2.24) is 10.2 Å². The van der Waals surface area contributed by atoms with Crippen LogP contribution in [0.25, 0.3) is 6.08 Å². The Labute approximate surface area is 160 Å². The Hall–Kier alpha value is -3.94. The van der Waals surface area contributed by atoms with Crippen LogP contribution in [0.15, 0.2) is 66.9 Å². The highest BCUT2D eigenvalue weighted by Gasteiger charge is 2.32.